The number of H-pyrrole nitrogens is 1. The summed E-state index contributed by atoms with van der Waals surface area (Å²) in [6.45, 7) is 1.10. The number of aromatic amines is 1. The Morgan fingerprint density at radius 3 is 2.76 bits per heavy atom. The number of carbonyl (C=O) groups is 1. The van der Waals surface area contributed by atoms with Crippen LogP contribution in [-0.4, -0.2) is 27.4 Å². The normalized spacial score (nSPS) is 14.6. The van der Waals surface area contributed by atoms with E-state index in [1.807, 2.05) is 4.98 Å². The van der Waals surface area contributed by atoms with Gasteiger partial charge in [0.1, 0.15) is 5.69 Å². The highest BCUT2D eigenvalue weighted by Crippen LogP contribution is 2.32. The Kier molecular flexibility index (Phi) is 3.45. The molecule has 0 aliphatic heterocycles. The molecule has 1 aromatic rings. The summed E-state index contributed by atoms with van der Waals surface area (Å²) in [4.78, 5) is 27.9. The molecule has 8 heteroatoms. The molecule has 0 aromatic carbocycles. The lowest BCUT2D eigenvalue weighted by atomic mass is 9.82. The average molecular weight is 247 g/mol. The van der Waals surface area contributed by atoms with E-state index in [-0.39, 0.29) is 0 Å². The molecule has 17 heavy (non-hydrogen) atoms. The van der Waals surface area contributed by atoms with E-state index in [9.17, 15) is 23.5 Å². The van der Waals surface area contributed by atoms with Gasteiger partial charge in [-0.05, 0) is 6.92 Å². The van der Waals surface area contributed by atoms with E-state index in [1.165, 1.54) is 0 Å². The van der Waals surface area contributed by atoms with E-state index in [4.69, 9.17) is 5.73 Å². The number of hydrogen-bond donors (Lipinski definition) is 3. The number of nitrogens with two attached hydrogens (primary N) is 1. The summed E-state index contributed by atoms with van der Waals surface area (Å²) in [5.41, 5.74) is 1.77. The highest BCUT2D eigenvalue weighted by atomic mass is 19.3. The van der Waals surface area contributed by atoms with Gasteiger partial charge in [0.05, 0.1) is 11.7 Å². The summed E-state index contributed by atoms with van der Waals surface area (Å²) in [6.07, 6.45) is -2.84. The summed E-state index contributed by atoms with van der Waals surface area (Å²) in [5.74, 6) is -1.97. The van der Waals surface area contributed by atoms with Crippen molar-refractivity contribution in [2.45, 2.75) is 25.2 Å². The fraction of sp³-hybridized carbons (Fsp3) is 0.444. The van der Waals surface area contributed by atoms with E-state index in [0.29, 0.717) is 0 Å². The van der Waals surface area contributed by atoms with Gasteiger partial charge in [-0.1, -0.05) is 0 Å². The fourth-order valence-electron chi connectivity index (χ4n) is 1.42. The molecule has 1 heterocycles. The van der Waals surface area contributed by atoms with Gasteiger partial charge in [-0.25, -0.2) is 13.8 Å². The Morgan fingerprint density at radius 1 is 1.71 bits per heavy atom. The van der Waals surface area contributed by atoms with Crippen LogP contribution < -0.4 is 11.3 Å². The van der Waals surface area contributed by atoms with Crippen molar-refractivity contribution in [1.82, 2.24) is 9.97 Å². The number of aromatic hydroxyl groups is 1. The lowest BCUT2D eigenvalue weighted by Crippen LogP contribution is -2.41. The summed E-state index contributed by atoms with van der Waals surface area (Å²) in [5, 5.41) is 9.44. The number of aromatic nitrogens is 2. The van der Waals surface area contributed by atoms with Crippen molar-refractivity contribution in [3.05, 3.63) is 22.4 Å². The highest BCUT2D eigenvalue weighted by Gasteiger charge is 2.40. The number of carbonyl (C=O) groups excluding carboxylic acids is 1. The van der Waals surface area contributed by atoms with Crippen molar-refractivity contribution in [3.8, 4) is 5.75 Å². The molecule has 1 rings (SSSR count). The number of rotatable bonds is 4. The molecule has 0 aliphatic carbocycles. The first-order chi connectivity index (χ1) is 7.79. The van der Waals surface area contributed by atoms with E-state index < -0.39 is 41.2 Å². The summed E-state index contributed by atoms with van der Waals surface area (Å²) in [6, 6.07) is 0. The monoisotopic (exact) mass is 247 g/mol. The predicted molar refractivity (Wildman–Crippen MR) is 53.7 cm³/mol. The van der Waals surface area contributed by atoms with E-state index in [1.54, 1.807) is 0 Å². The number of alkyl halides is 2. The Morgan fingerprint density at radius 2 is 2.29 bits per heavy atom. The first-order valence-corrected chi connectivity index (χ1v) is 4.64. The minimum absolute atomic E-state index is 0.450. The van der Waals surface area contributed by atoms with Gasteiger partial charge in [0.15, 0.2) is 0 Å². The van der Waals surface area contributed by atoms with Crippen LogP contribution in [0, 0.1) is 0 Å². The average Bonchev–Trinajstić information content (AvgIpc) is 2.20. The zero-order valence-electron chi connectivity index (χ0n) is 8.91. The maximum atomic E-state index is 12.4. The minimum Gasteiger partial charge on any atom is -0.502 e. The largest absolute Gasteiger partial charge is 0.502 e. The molecule has 0 saturated carbocycles. The lowest BCUT2D eigenvalue weighted by molar-refractivity contribution is -0.124. The van der Waals surface area contributed by atoms with E-state index >= 15 is 0 Å². The van der Waals surface area contributed by atoms with Crippen molar-refractivity contribution in [3.63, 3.8) is 0 Å². The van der Waals surface area contributed by atoms with Crippen molar-refractivity contribution in [2.24, 2.45) is 5.73 Å². The number of halogens is 2. The van der Waals surface area contributed by atoms with Crippen LogP contribution in [0.4, 0.5) is 8.78 Å². The van der Waals surface area contributed by atoms with E-state index in [0.717, 1.165) is 13.3 Å². The van der Waals surface area contributed by atoms with Crippen molar-refractivity contribution < 1.29 is 18.7 Å². The molecule has 4 N–H and O–H groups in total. The molecule has 6 nitrogen and oxygen atoms in total. The Balaban J connectivity index is 3.38. The van der Waals surface area contributed by atoms with Crippen molar-refractivity contribution >= 4 is 5.91 Å². The third-order valence-corrected chi connectivity index (χ3v) is 2.46. The molecular formula is C9H11F2N3O3. The number of hydrogen-bond acceptors (Lipinski definition) is 4. The molecule has 0 saturated heterocycles. The van der Waals surface area contributed by atoms with Crippen molar-refractivity contribution in [2.75, 3.05) is 0 Å². The van der Waals surface area contributed by atoms with Crippen LogP contribution >= 0.6 is 0 Å². The van der Waals surface area contributed by atoms with Gasteiger partial charge < -0.3 is 15.8 Å². The van der Waals surface area contributed by atoms with Gasteiger partial charge in [0.25, 0.3) is 5.56 Å². The van der Waals surface area contributed by atoms with Crippen molar-refractivity contribution in [1.29, 1.82) is 0 Å². The number of amides is 1. The van der Waals surface area contributed by atoms with Crippen LogP contribution in [0.1, 0.15) is 19.0 Å². The molecule has 1 unspecified atom stereocenters. The van der Waals surface area contributed by atoms with Gasteiger partial charge in [0.2, 0.25) is 18.1 Å². The second-order valence-corrected chi connectivity index (χ2v) is 3.72. The summed E-state index contributed by atoms with van der Waals surface area (Å²) >= 11 is 0. The topological polar surface area (TPSA) is 109 Å². The van der Waals surface area contributed by atoms with Crippen LogP contribution in [0.5, 0.6) is 5.75 Å². The second kappa shape index (κ2) is 4.48. The Labute approximate surface area is 94.5 Å². The Hall–Kier alpha value is -1.99. The maximum Gasteiger partial charge on any atom is 0.293 e. The van der Waals surface area contributed by atoms with Crippen LogP contribution in [0.25, 0.3) is 0 Å². The molecule has 1 amide bonds. The van der Waals surface area contributed by atoms with Gasteiger partial charge in [-0.2, -0.15) is 0 Å². The molecule has 0 fully saturated rings. The highest BCUT2D eigenvalue weighted by molar-refractivity contribution is 5.86. The van der Waals surface area contributed by atoms with Gasteiger partial charge in [0, 0.05) is 6.42 Å². The number of primary amides is 1. The van der Waals surface area contributed by atoms with Gasteiger partial charge in [-0.15, -0.1) is 0 Å². The third kappa shape index (κ3) is 2.40. The molecule has 1 atom stereocenters. The van der Waals surface area contributed by atoms with Crippen LogP contribution in [0.2, 0.25) is 0 Å². The second-order valence-electron chi connectivity index (χ2n) is 3.72. The quantitative estimate of drug-likeness (QED) is 0.688. The molecule has 94 valence electrons. The standard InChI is InChI=1S/C9H11F2N3O3/c1-9(8(12)17,2-4(10)11)6-5(15)7(16)14-3-13-6/h3-4,15H,2H2,1H3,(H2,12,17)(H,13,14,16). The molecule has 0 bridgehead atoms. The minimum atomic E-state index is -2.83. The lowest BCUT2D eigenvalue weighted by Gasteiger charge is -2.24. The zero-order valence-corrected chi connectivity index (χ0v) is 8.91. The predicted octanol–water partition coefficient (Wildman–Crippen LogP) is -0.126. The zero-order chi connectivity index (χ0) is 13.2. The summed E-state index contributed by atoms with van der Waals surface area (Å²) in [7, 11) is 0. The van der Waals surface area contributed by atoms with Crippen LogP contribution in [0.15, 0.2) is 11.1 Å². The van der Waals surface area contributed by atoms with Gasteiger partial charge >= 0.3 is 0 Å². The molecule has 0 aliphatic rings. The third-order valence-electron chi connectivity index (χ3n) is 2.46. The molecule has 0 radical (unpaired) electrons. The fourth-order valence-corrected chi connectivity index (χ4v) is 1.42. The van der Waals surface area contributed by atoms with Crippen LogP contribution in [-0.2, 0) is 10.2 Å². The molecular weight excluding hydrogens is 236 g/mol. The SMILES string of the molecule is CC(CC(F)F)(C(N)=O)c1nc[nH]c(=O)c1O. The van der Waals surface area contributed by atoms with Gasteiger partial charge in [-0.3, -0.25) is 9.59 Å². The molecule has 0 spiro atoms. The number of nitrogens with zero attached hydrogens (tertiary/aromatic N) is 1. The smallest absolute Gasteiger partial charge is 0.293 e. The molecule has 1 aromatic heterocycles. The first-order valence-electron chi connectivity index (χ1n) is 4.64. The first kappa shape index (κ1) is 13.1. The van der Waals surface area contributed by atoms with Crippen LogP contribution in [0.3, 0.4) is 0 Å². The maximum absolute atomic E-state index is 12.4. The summed E-state index contributed by atoms with van der Waals surface area (Å²) < 4.78 is 24.8. The Bertz CT molecular complexity index is 489. The van der Waals surface area contributed by atoms with E-state index in [2.05, 4.69) is 4.98 Å². The number of nitrogens with one attached hydrogen (secondary N) is 1.